The molecule has 1 aromatic carbocycles. The van der Waals surface area contributed by atoms with Crippen LogP contribution in [0.2, 0.25) is 25.7 Å². The highest BCUT2D eigenvalue weighted by Gasteiger charge is 2.38. The molecule has 0 aliphatic carbocycles. The second-order valence-electron chi connectivity index (χ2n) is 11.2. The van der Waals surface area contributed by atoms with Gasteiger partial charge in [-0.3, -0.25) is 25.2 Å². The first kappa shape index (κ1) is 32.2. The summed E-state index contributed by atoms with van der Waals surface area (Å²) in [5.74, 6) is -3.50. The van der Waals surface area contributed by atoms with E-state index in [0.717, 1.165) is 30.4 Å². The van der Waals surface area contributed by atoms with E-state index in [1.165, 1.54) is 15.6 Å². The van der Waals surface area contributed by atoms with Gasteiger partial charge in [-0.05, 0) is 30.3 Å². The average molecular weight is 633 g/mol. The fraction of sp³-hybridized carbons (Fsp3) is 0.462. The van der Waals surface area contributed by atoms with Crippen molar-refractivity contribution in [2.24, 2.45) is 0 Å². The maximum absolute atomic E-state index is 14.8. The number of nitrogens with zero attached hydrogens (tertiary/aromatic N) is 4. The van der Waals surface area contributed by atoms with Gasteiger partial charge >= 0.3 is 6.36 Å². The van der Waals surface area contributed by atoms with E-state index in [9.17, 15) is 35.9 Å². The number of hydrazine groups is 1. The molecule has 0 spiro atoms. The van der Waals surface area contributed by atoms with Crippen LogP contribution in [-0.4, -0.2) is 66.9 Å². The smallest absolute Gasteiger partial charge is 0.359 e. The molecule has 1 aliphatic heterocycles. The molecule has 3 aromatic rings. The molecular weight excluding hydrogens is 602 g/mol. The van der Waals surface area contributed by atoms with Crippen LogP contribution in [0.5, 0.6) is 0 Å². The van der Waals surface area contributed by atoms with Gasteiger partial charge in [0, 0.05) is 32.9 Å². The fourth-order valence-corrected chi connectivity index (χ4v) is 5.22. The van der Waals surface area contributed by atoms with E-state index >= 15 is 0 Å². The predicted octanol–water partition coefficient (Wildman–Crippen LogP) is 4.61. The van der Waals surface area contributed by atoms with Crippen LogP contribution in [0.3, 0.4) is 0 Å². The molecule has 10 nitrogen and oxygen atoms in total. The maximum Gasteiger partial charge on any atom is 0.523 e. The Hall–Kier alpha value is -3.70. The van der Waals surface area contributed by atoms with Crippen LogP contribution in [0, 0.1) is 11.6 Å². The summed E-state index contributed by atoms with van der Waals surface area (Å²) >= 11 is 0. The number of alkyl halides is 4. The molecule has 0 bridgehead atoms. The van der Waals surface area contributed by atoms with Crippen molar-refractivity contribution in [3.05, 3.63) is 53.2 Å². The van der Waals surface area contributed by atoms with Crippen LogP contribution in [-0.2, 0) is 21.0 Å². The van der Waals surface area contributed by atoms with E-state index < -0.39 is 56.7 Å². The zero-order valence-electron chi connectivity index (χ0n) is 23.5. The van der Waals surface area contributed by atoms with Gasteiger partial charge in [0.2, 0.25) is 0 Å². The van der Waals surface area contributed by atoms with Gasteiger partial charge in [0.05, 0.1) is 23.5 Å². The molecule has 2 atom stereocenters. The summed E-state index contributed by atoms with van der Waals surface area (Å²) in [5, 5.41) is 4.79. The Morgan fingerprint density at radius 2 is 1.88 bits per heavy atom. The molecule has 0 saturated carbocycles. The van der Waals surface area contributed by atoms with E-state index in [0.29, 0.717) is 6.61 Å². The number of aromatic nitrogens is 3. The van der Waals surface area contributed by atoms with E-state index in [4.69, 9.17) is 4.74 Å². The summed E-state index contributed by atoms with van der Waals surface area (Å²) in [4.78, 5) is 30.1. The minimum atomic E-state index is -5.04. The van der Waals surface area contributed by atoms with Crippen LogP contribution in [0.15, 0.2) is 30.5 Å². The zero-order chi connectivity index (χ0) is 31.5. The highest BCUT2D eigenvalue weighted by Crippen LogP contribution is 2.40. The number of anilines is 1. The van der Waals surface area contributed by atoms with Gasteiger partial charge in [0.25, 0.3) is 11.8 Å². The molecule has 4 rings (SSSR count). The van der Waals surface area contributed by atoms with Crippen molar-refractivity contribution < 1.29 is 45.4 Å². The number of pyridine rings is 1. The lowest BCUT2D eigenvalue weighted by atomic mass is 10.0. The second-order valence-corrected chi connectivity index (χ2v) is 16.8. The minimum Gasteiger partial charge on any atom is -0.359 e. The number of hydrogen-bond acceptors (Lipinski definition) is 7. The SMILES string of the molecule is C[Si](C)(C)CCOCn1nc(N2C[C@@H](F)C[C@@H]2c2cc(F)ccc2F)c2cc(C(=O)NNC(=O)COC(F)(F)F)cnc21. The van der Waals surface area contributed by atoms with E-state index in [1.54, 1.807) is 5.43 Å². The van der Waals surface area contributed by atoms with Gasteiger partial charge in [0.15, 0.2) is 11.5 Å². The fourth-order valence-electron chi connectivity index (χ4n) is 4.46. The largest absolute Gasteiger partial charge is 0.523 e. The lowest BCUT2D eigenvalue weighted by molar-refractivity contribution is -0.321. The Kier molecular flexibility index (Phi) is 9.65. The molecule has 1 aliphatic rings. The molecule has 43 heavy (non-hydrogen) atoms. The van der Waals surface area contributed by atoms with Gasteiger partial charge in [-0.1, -0.05) is 19.6 Å². The van der Waals surface area contributed by atoms with Crippen molar-refractivity contribution in [3.63, 3.8) is 0 Å². The number of carbonyl (C=O) groups excluding carboxylic acids is 2. The predicted molar refractivity (Wildman–Crippen MR) is 145 cm³/mol. The quantitative estimate of drug-likeness (QED) is 0.145. The van der Waals surface area contributed by atoms with Crippen LogP contribution < -0.4 is 15.8 Å². The number of amides is 2. The number of halogens is 6. The van der Waals surface area contributed by atoms with Gasteiger partial charge in [0.1, 0.15) is 31.1 Å². The first-order chi connectivity index (χ1) is 20.1. The average Bonchev–Trinajstić information content (AvgIpc) is 3.48. The van der Waals surface area contributed by atoms with Crippen LogP contribution in [0.25, 0.3) is 11.0 Å². The monoisotopic (exact) mass is 632 g/mol. The van der Waals surface area contributed by atoms with Crippen molar-refractivity contribution in [3.8, 4) is 0 Å². The third-order valence-corrected chi connectivity index (χ3v) is 8.27. The summed E-state index contributed by atoms with van der Waals surface area (Å²) < 4.78 is 90.8. The molecule has 0 radical (unpaired) electrons. The van der Waals surface area contributed by atoms with Crippen LogP contribution >= 0.6 is 0 Å². The Labute approximate surface area is 243 Å². The standard InChI is InChI=1S/C26H30F6N6O4Si/c1-43(2,3)7-6-41-14-38-23-19(8-15(11-33-23)25(40)35-34-22(39)13-42-26(30,31)32)24(36-38)37-12-17(28)10-21(37)18-9-16(27)4-5-20(18)29/h4-5,8-9,11,17,21H,6-7,10,12-14H2,1-3H3,(H,34,39)(H,35,40)/t17-,21+/m0/s1. The normalized spacial score (nSPS) is 17.5. The highest BCUT2D eigenvalue weighted by molar-refractivity contribution is 6.76. The summed E-state index contributed by atoms with van der Waals surface area (Å²) in [6, 6.07) is 4.17. The number of benzene rings is 1. The molecular formula is C26H30F6N6O4Si. The summed E-state index contributed by atoms with van der Waals surface area (Å²) in [6.45, 7) is 5.36. The van der Waals surface area contributed by atoms with Crippen LogP contribution in [0.4, 0.5) is 32.2 Å². The summed E-state index contributed by atoms with van der Waals surface area (Å²) in [7, 11) is -1.40. The molecule has 2 amide bonds. The van der Waals surface area contributed by atoms with Crippen LogP contribution in [0.1, 0.15) is 28.4 Å². The number of carbonyl (C=O) groups is 2. The molecule has 234 valence electrons. The zero-order valence-corrected chi connectivity index (χ0v) is 24.5. The third kappa shape index (κ3) is 8.44. The van der Waals surface area contributed by atoms with Gasteiger partial charge in [-0.2, -0.15) is 5.10 Å². The Balaban J connectivity index is 1.65. The Morgan fingerprint density at radius 3 is 2.58 bits per heavy atom. The van der Waals surface area contributed by atoms with E-state index in [-0.39, 0.29) is 47.7 Å². The van der Waals surface area contributed by atoms with Gasteiger partial charge in [-0.15, -0.1) is 13.2 Å². The maximum atomic E-state index is 14.8. The highest BCUT2D eigenvalue weighted by atomic mass is 28.3. The molecule has 2 aromatic heterocycles. The number of fused-ring (bicyclic) bond motifs is 1. The second kappa shape index (κ2) is 12.9. The van der Waals surface area contributed by atoms with Crippen molar-refractivity contribution in [2.75, 3.05) is 24.7 Å². The van der Waals surface area contributed by atoms with Crippen molar-refractivity contribution in [1.29, 1.82) is 0 Å². The Morgan fingerprint density at radius 1 is 1.14 bits per heavy atom. The number of ether oxygens (including phenoxy) is 2. The van der Waals surface area contributed by atoms with E-state index in [1.807, 2.05) is 5.43 Å². The molecule has 17 heteroatoms. The van der Waals surface area contributed by atoms with E-state index in [2.05, 4.69) is 34.5 Å². The molecule has 1 saturated heterocycles. The van der Waals surface area contributed by atoms with Crippen molar-refractivity contribution in [2.45, 2.75) is 57.4 Å². The Bertz CT molecular complexity index is 1480. The lowest BCUT2D eigenvalue weighted by Crippen LogP contribution is -2.44. The first-order valence-corrected chi connectivity index (χ1v) is 16.9. The van der Waals surface area contributed by atoms with Crippen molar-refractivity contribution >= 4 is 36.7 Å². The summed E-state index contributed by atoms with van der Waals surface area (Å²) in [5.41, 5.74) is 3.81. The topological polar surface area (TPSA) is 111 Å². The molecule has 3 heterocycles. The van der Waals surface area contributed by atoms with Gasteiger partial charge in [-0.25, -0.2) is 22.8 Å². The molecule has 0 unspecified atom stereocenters. The number of hydrogen-bond donors (Lipinski definition) is 2. The number of nitrogens with one attached hydrogen (secondary N) is 2. The molecule has 1 fully saturated rings. The molecule has 2 N–H and O–H groups in total. The van der Waals surface area contributed by atoms with Gasteiger partial charge < -0.3 is 9.64 Å². The number of rotatable bonds is 10. The lowest BCUT2D eigenvalue weighted by Gasteiger charge is -2.25. The third-order valence-electron chi connectivity index (χ3n) is 6.56. The summed E-state index contributed by atoms with van der Waals surface area (Å²) in [6.07, 6.45) is -5.45. The van der Waals surface area contributed by atoms with Crippen molar-refractivity contribution in [1.82, 2.24) is 25.6 Å². The first-order valence-electron chi connectivity index (χ1n) is 13.2. The minimum absolute atomic E-state index is 0.0410.